The summed E-state index contributed by atoms with van der Waals surface area (Å²) in [6, 6.07) is 0. The van der Waals surface area contributed by atoms with Crippen molar-refractivity contribution >= 4 is 11.9 Å². The minimum Gasteiger partial charge on any atom is -0.455 e. The highest BCUT2D eigenvalue weighted by atomic mass is 16.6. The van der Waals surface area contributed by atoms with Crippen LogP contribution in [0.2, 0.25) is 0 Å². The summed E-state index contributed by atoms with van der Waals surface area (Å²) in [5.74, 6) is -0.0724. The molecule has 0 aromatic heterocycles. The van der Waals surface area contributed by atoms with Crippen molar-refractivity contribution < 1.29 is 19.1 Å². The molecule has 4 fully saturated rings. The zero-order valence-electron chi connectivity index (χ0n) is 10.1. The molecule has 0 amide bonds. The first-order valence-electron chi connectivity index (χ1n) is 6.03. The number of carbonyl (C=O) groups excluding carboxylic acids is 2. The van der Waals surface area contributed by atoms with Gasteiger partial charge in [0.25, 0.3) is 0 Å². The molecule has 4 nitrogen and oxygen atoms in total. The standard InChI is InChI=1S/C13H16O4/c1-6(2)11(14)16-10-8-4-7-5-9(8)12(15)17-13(7,10)3/h7-10H,1,4-5H2,2-3H3. The van der Waals surface area contributed by atoms with Gasteiger partial charge < -0.3 is 9.47 Å². The van der Waals surface area contributed by atoms with Crippen LogP contribution in [0.5, 0.6) is 0 Å². The quantitative estimate of drug-likeness (QED) is 0.538. The van der Waals surface area contributed by atoms with E-state index in [0.29, 0.717) is 11.5 Å². The van der Waals surface area contributed by atoms with Crippen molar-refractivity contribution in [2.24, 2.45) is 17.8 Å². The van der Waals surface area contributed by atoms with Crippen LogP contribution in [-0.2, 0) is 19.1 Å². The van der Waals surface area contributed by atoms with Crippen LogP contribution in [0.1, 0.15) is 26.7 Å². The smallest absolute Gasteiger partial charge is 0.333 e. The monoisotopic (exact) mass is 236 g/mol. The number of esters is 2. The summed E-state index contributed by atoms with van der Waals surface area (Å²) in [7, 11) is 0. The Labute approximate surface area is 100.0 Å². The first kappa shape index (κ1) is 10.8. The van der Waals surface area contributed by atoms with Gasteiger partial charge in [0.05, 0.1) is 5.92 Å². The molecule has 2 aliphatic carbocycles. The van der Waals surface area contributed by atoms with Gasteiger partial charge >= 0.3 is 11.9 Å². The van der Waals surface area contributed by atoms with E-state index in [-0.39, 0.29) is 29.9 Å². The second-order valence-corrected chi connectivity index (χ2v) is 5.65. The molecular formula is C13H16O4. The van der Waals surface area contributed by atoms with Gasteiger partial charge in [-0.05, 0) is 26.7 Å². The van der Waals surface area contributed by atoms with Gasteiger partial charge in [0.15, 0.2) is 0 Å². The van der Waals surface area contributed by atoms with E-state index in [4.69, 9.17) is 9.47 Å². The van der Waals surface area contributed by atoms with Crippen molar-refractivity contribution in [1.82, 2.24) is 0 Å². The Hall–Kier alpha value is -1.32. The largest absolute Gasteiger partial charge is 0.455 e. The van der Waals surface area contributed by atoms with Crippen LogP contribution in [0.15, 0.2) is 12.2 Å². The van der Waals surface area contributed by atoms with E-state index < -0.39 is 5.60 Å². The SMILES string of the molecule is C=C(C)C(=O)OC1C2CC3CC2C(=O)OC31C. The van der Waals surface area contributed by atoms with E-state index in [2.05, 4.69) is 6.58 Å². The van der Waals surface area contributed by atoms with Crippen molar-refractivity contribution in [2.75, 3.05) is 0 Å². The Balaban J connectivity index is 1.87. The number of carbonyl (C=O) groups is 2. The molecule has 4 bridgehead atoms. The molecule has 0 radical (unpaired) electrons. The van der Waals surface area contributed by atoms with Crippen molar-refractivity contribution in [3.8, 4) is 0 Å². The third kappa shape index (κ3) is 1.24. The van der Waals surface area contributed by atoms with Gasteiger partial charge in [0.1, 0.15) is 11.7 Å². The van der Waals surface area contributed by atoms with Crippen molar-refractivity contribution in [2.45, 2.75) is 38.4 Å². The Kier molecular flexibility index (Phi) is 1.98. The van der Waals surface area contributed by atoms with Gasteiger partial charge in [0.2, 0.25) is 0 Å². The molecular weight excluding hydrogens is 220 g/mol. The molecule has 4 heteroatoms. The lowest BCUT2D eigenvalue weighted by molar-refractivity contribution is -0.220. The van der Waals surface area contributed by atoms with Crippen molar-refractivity contribution in [3.63, 3.8) is 0 Å². The molecule has 2 aliphatic heterocycles. The summed E-state index contributed by atoms with van der Waals surface area (Å²) in [4.78, 5) is 23.3. The highest BCUT2D eigenvalue weighted by molar-refractivity contribution is 5.87. The highest BCUT2D eigenvalue weighted by Crippen LogP contribution is 2.60. The normalized spacial score (nSPS) is 45.9. The first-order chi connectivity index (χ1) is 7.93. The summed E-state index contributed by atoms with van der Waals surface area (Å²) in [5, 5.41) is 0. The predicted molar refractivity (Wildman–Crippen MR) is 58.9 cm³/mol. The fraction of sp³-hybridized carbons (Fsp3) is 0.692. The highest BCUT2D eigenvalue weighted by Gasteiger charge is 2.69. The summed E-state index contributed by atoms with van der Waals surface area (Å²) in [6.45, 7) is 7.09. The first-order valence-corrected chi connectivity index (χ1v) is 6.03. The number of ether oxygens (including phenoxy) is 2. The van der Waals surface area contributed by atoms with E-state index >= 15 is 0 Å². The fourth-order valence-corrected chi connectivity index (χ4v) is 3.66. The van der Waals surface area contributed by atoms with E-state index in [9.17, 15) is 9.59 Å². The minimum absolute atomic E-state index is 0.0650. The zero-order valence-corrected chi connectivity index (χ0v) is 10.1. The molecule has 0 aromatic carbocycles. The maximum absolute atomic E-state index is 11.7. The topological polar surface area (TPSA) is 52.6 Å². The summed E-state index contributed by atoms with van der Waals surface area (Å²) in [5.41, 5.74) is -0.222. The van der Waals surface area contributed by atoms with Crippen LogP contribution in [0.3, 0.4) is 0 Å². The lowest BCUT2D eigenvalue weighted by Gasteiger charge is -2.47. The van der Waals surface area contributed by atoms with Crippen LogP contribution in [-0.4, -0.2) is 23.6 Å². The molecule has 0 aromatic rings. The third-order valence-electron chi connectivity index (χ3n) is 4.58. The number of rotatable bonds is 2. The van der Waals surface area contributed by atoms with Crippen LogP contribution in [0, 0.1) is 17.8 Å². The van der Waals surface area contributed by atoms with E-state index in [0.717, 1.165) is 12.8 Å². The maximum atomic E-state index is 11.7. The molecule has 5 atom stereocenters. The van der Waals surface area contributed by atoms with Crippen LogP contribution in [0.4, 0.5) is 0 Å². The molecule has 2 heterocycles. The van der Waals surface area contributed by atoms with Crippen LogP contribution in [0.25, 0.3) is 0 Å². The number of hydrogen-bond acceptors (Lipinski definition) is 4. The van der Waals surface area contributed by atoms with Gasteiger partial charge in [0, 0.05) is 17.4 Å². The second kappa shape index (κ2) is 3.12. The van der Waals surface area contributed by atoms with Crippen molar-refractivity contribution in [3.05, 3.63) is 12.2 Å². The Morgan fingerprint density at radius 1 is 1.53 bits per heavy atom. The zero-order chi connectivity index (χ0) is 12.4. The Morgan fingerprint density at radius 2 is 2.24 bits per heavy atom. The third-order valence-corrected chi connectivity index (χ3v) is 4.58. The maximum Gasteiger partial charge on any atom is 0.333 e. The molecule has 0 N–H and O–H groups in total. The average Bonchev–Trinajstić information content (AvgIpc) is 2.74. The van der Waals surface area contributed by atoms with Gasteiger partial charge in [-0.3, -0.25) is 4.79 Å². The number of hydrogen-bond donors (Lipinski definition) is 0. The molecule has 4 rings (SSSR count). The van der Waals surface area contributed by atoms with Gasteiger partial charge in [-0.2, -0.15) is 0 Å². The predicted octanol–water partition coefficient (Wildman–Crippen LogP) is 1.45. The van der Waals surface area contributed by atoms with Crippen LogP contribution >= 0.6 is 0 Å². The molecule has 2 saturated carbocycles. The minimum atomic E-state index is -0.610. The molecule has 4 aliphatic rings. The lowest BCUT2D eigenvalue weighted by atomic mass is 9.74. The van der Waals surface area contributed by atoms with Crippen LogP contribution < -0.4 is 0 Å². The van der Waals surface area contributed by atoms with Gasteiger partial charge in [-0.25, -0.2) is 4.79 Å². The fourth-order valence-electron chi connectivity index (χ4n) is 3.66. The van der Waals surface area contributed by atoms with Gasteiger partial charge in [-0.1, -0.05) is 6.58 Å². The number of fused-ring (bicyclic) bond motifs is 1. The summed E-state index contributed by atoms with van der Waals surface area (Å²) < 4.78 is 11.0. The van der Waals surface area contributed by atoms with Gasteiger partial charge in [-0.15, -0.1) is 0 Å². The lowest BCUT2D eigenvalue weighted by Crippen LogP contribution is -2.59. The summed E-state index contributed by atoms with van der Waals surface area (Å²) in [6.07, 6.45) is 1.54. The molecule has 5 unspecified atom stereocenters. The molecule has 92 valence electrons. The Bertz CT molecular complexity index is 427. The van der Waals surface area contributed by atoms with E-state index in [1.807, 2.05) is 6.92 Å². The average molecular weight is 236 g/mol. The summed E-state index contributed by atoms with van der Waals surface area (Å²) >= 11 is 0. The molecule has 2 saturated heterocycles. The van der Waals surface area contributed by atoms with E-state index in [1.54, 1.807) is 6.92 Å². The molecule has 0 spiro atoms. The second-order valence-electron chi connectivity index (χ2n) is 5.65. The van der Waals surface area contributed by atoms with E-state index in [1.165, 1.54) is 0 Å². The Morgan fingerprint density at radius 3 is 2.82 bits per heavy atom. The van der Waals surface area contributed by atoms with Crippen molar-refractivity contribution in [1.29, 1.82) is 0 Å². The molecule has 17 heavy (non-hydrogen) atoms.